The van der Waals surface area contributed by atoms with Gasteiger partial charge >= 0.3 is 12.3 Å². The van der Waals surface area contributed by atoms with E-state index in [2.05, 4.69) is 14.7 Å². The van der Waals surface area contributed by atoms with Crippen molar-refractivity contribution in [3.63, 3.8) is 0 Å². The minimum Gasteiger partial charge on any atom is -0.464 e. The Hall–Kier alpha value is -3.70. The van der Waals surface area contributed by atoms with E-state index in [1.165, 1.54) is 25.3 Å². The van der Waals surface area contributed by atoms with Gasteiger partial charge in [0.05, 0.1) is 19.4 Å². The summed E-state index contributed by atoms with van der Waals surface area (Å²) in [6.07, 6.45) is -5.25. The van der Waals surface area contributed by atoms with E-state index in [9.17, 15) is 18.0 Å². The van der Waals surface area contributed by atoms with E-state index in [1.807, 2.05) is 0 Å². The molecule has 0 bridgehead atoms. The highest BCUT2D eigenvalue weighted by Crippen LogP contribution is 2.33. The molecule has 8 nitrogen and oxygen atoms in total. The Morgan fingerprint density at radius 1 is 1.00 bits per heavy atom. The molecule has 1 atom stereocenters. The summed E-state index contributed by atoms with van der Waals surface area (Å²) in [7, 11) is 1.26. The maximum Gasteiger partial charge on any atom is 0.573 e. The highest BCUT2D eigenvalue weighted by atomic mass is 19.4. The van der Waals surface area contributed by atoms with Crippen LogP contribution in [0.25, 0.3) is 11.4 Å². The van der Waals surface area contributed by atoms with Crippen LogP contribution in [-0.2, 0) is 14.2 Å². The van der Waals surface area contributed by atoms with Crippen LogP contribution in [0.15, 0.2) is 54.6 Å². The van der Waals surface area contributed by atoms with Crippen molar-refractivity contribution in [3.05, 3.63) is 66.0 Å². The second-order valence-corrected chi connectivity index (χ2v) is 7.96. The van der Waals surface area contributed by atoms with E-state index < -0.39 is 24.2 Å². The van der Waals surface area contributed by atoms with Crippen LogP contribution in [0.3, 0.4) is 0 Å². The van der Waals surface area contributed by atoms with E-state index in [1.54, 1.807) is 38.1 Å². The molecule has 0 spiro atoms. The SMILES string of the molecule is COC(=O)c1cc([C@H]2COC(C)(C)O2)nc(-c2ccc(Oc3ccc(OC(F)(F)F)cc3)cc2)n1. The van der Waals surface area contributed by atoms with Crippen LogP contribution in [0.5, 0.6) is 17.2 Å². The number of methoxy groups -OCH3 is 1. The van der Waals surface area contributed by atoms with Crippen molar-refractivity contribution in [2.75, 3.05) is 13.7 Å². The number of carbonyl (C=O) groups excluding carboxylic acids is 1. The van der Waals surface area contributed by atoms with Crippen molar-refractivity contribution in [1.82, 2.24) is 9.97 Å². The van der Waals surface area contributed by atoms with Crippen LogP contribution in [0.2, 0.25) is 0 Å². The summed E-state index contributed by atoms with van der Waals surface area (Å²) in [5.74, 6) is -0.727. The summed E-state index contributed by atoms with van der Waals surface area (Å²) in [5.41, 5.74) is 1.14. The zero-order valence-electron chi connectivity index (χ0n) is 19.0. The van der Waals surface area contributed by atoms with Crippen LogP contribution >= 0.6 is 0 Å². The van der Waals surface area contributed by atoms with Gasteiger partial charge < -0.3 is 23.7 Å². The highest BCUT2D eigenvalue weighted by molar-refractivity contribution is 5.87. The smallest absolute Gasteiger partial charge is 0.464 e. The van der Waals surface area contributed by atoms with E-state index in [-0.39, 0.29) is 23.9 Å². The fraction of sp³-hybridized carbons (Fsp3) is 0.292. The summed E-state index contributed by atoms with van der Waals surface area (Å²) in [6.45, 7) is 3.83. The molecule has 0 saturated carbocycles. The first kappa shape index (κ1) is 24.4. The number of alkyl halides is 3. The molecule has 1 saturated heterocycles. The van der Waals surface area contributed by atoms with Crippen LogP contribution in [0.4, 0.5) is 13.2 Å². The molecule has 1 aliphatic rings. The average Bonchev–Trinajstić information content (AvgIpc) is 3.19. The van der Waals surface area contributed by atoms with Crippen molar-refractivity contribution in [1.29, 1.82) is 0 Å². The average molecular weight is 490 g/mol. The summed E-state index contributed by atoms with van der Waals surface area (Å²) in [4.78, 5) is 21.0. The third kappa shape index (κ3) is 6.25. The Morgan fingerprint density at radius 2 is 1.60 bits per heavy atom. The molecule has 35 heavy (non-hydrogen) atoms. The first-order valence-corrected chi connectivity index (χ1v) is 10.4. The maximum atomic E-state index is 12.3. The number of nitrogens with zero attached hydrogens (tertiary/aromatic N) is 2. The Labute approximate surface area is 198 Å². The summed E-state index contributed by atoms with van der Waals surface area (Å²) in [5, 5.41) is 0. The van der Waals surface area contributed by atoms with Gasteiger partial charge in [0.15, 0.2) is 17.3 Å². The minimum atomic E-state index is -4.77. The molecule has 0 amide bonds. The van der Waals surface area contributed by atoms with Crippen LogP contribution in [0, 0.1) is 0 Å². The number of hydrogen-bond acceptors (Lipinski definition) is 8. The first-order chi connectivity index (χ1) is 16.5. The molecule has 1 aromatic heterocycles. The predicted octanol–water partition coefficient (Wildman–Crippen LogP) is 5.45. The van der Waals surface area contributed by atoms with Crippen molar-refractivity contribution >= 4 is 5.97 Å². The lowest BCUT2D eigenvalue weighted by molar-refractivity contribution is -0.274. The van der Waals surface area contributed by atoms with Gasteiger partial charge in [-0.3, -0.25) is 0 Å². The maximum absolute atomic E-state index is 12.3. The Kier molecular flexibility index (Phi) is 6.64. The fourth-order valence-electron chi connectivity index (χ4n) is 3.32. The van der Waals surface area contributed by atoms with Crippen LogP contribution in [0.1, 0.15) is 36.1 Å². The zero-order chi connectivity index (χ0) is 25.2. The Bertz CT molecular complexity index is 1200. The van der Waals surface area contributed by atoms with Gasteiger partial charge in [-0.1, -0.05) is 0 Å². The molecule has 1 aliphatic heterocycles. The molecular weight excluding hydrogens is 469 g/mol. The normalized spacial score (nSPS) is 17.1. The molecule has 0 aliphatic carbocycles. The molecule has 0 radical (unpaired) electrons. The Morgan fingerprint density at radius 3 is 2.14 bits per heavy atom. The van der Waals surface area contributed by atoms with Crippen LogP contribution in [-0.4, -0.2) is 41.8 Å². The number of hydrogen-bond donors (Lipinski definition) is 0. The summed E-state index contributed by atoms with van der Waals surface area (Å²) >= 11 is 0. The first-order valence-electron chi connectivity index (χ1n) is 10.4. The van der Waals surface area contributed by atoms with Gasteiger partial charge in [0.1, 0.15) is 23.4 Å². The van der Waals surface area contributed by atoms with Crippen molar-refractivity contribution in [2.24, 2.45) is 0 Å². The molecule has 4 rings (SSSR count). The minimum absolute atomic E-state index is 0.0716. The molecule has 11 heteroatoms. The third-order valence-corrected chi connectivity index (χ3v) is 4.88. The number of halogens is 3. The van der Waals surface area contributed by atoms with E-state index in [0.717, 1.165) is 12.1 Å². The largest absolute Gasteiger partial charge is 0.573 e. The van der Waals surface area contributed by atoms with Gasteiger partial charge in [-0.25, -0.2) is 14.8 Å². The predicted molar refractivity (Wildman–Crippen MR) is 116 cm³/mol. The number of rotatable bonds is 6. The van der Waals surface area contributed by atoms with E-state index >= 15 is 0 Å². The number of ether oxygens (including phenoxy) is 5. The molecule has 3 aromatic rings. The van der Waals surface area contributed by atoms with Gasteiger partial charge in [0, 0.05) is 5.56 Å². The van der Waals surface area contributed by atoms with Crippen LogP contribution < -0.4 is 9.47 Å². The number of benzene rings is 2. The number of esters is 1. The topological polar surface area (TPSA) is 89.0 Å². The molecule has 2 aromatic carbocycles. The molecule has 1 fully saturated rings. The van der Waals surface area contributed by atoms with E-state index in [4.69, 9.17) is 18.9 Å². The second kappa shape index (κ2) is 9.51. The van der Waals surface area contributed by atoms with Gasteiger partial charge in [-0.2, -0.15) is 0 Å². The van der Waals surface area contributed by atoms with Gasteiger partial charge in [0.25, 0.3) is 0 Å². The lowest BCUT2D eigenvalue weighted by atomic mass is 10.1. The summed E-state index contributed by atoms with van der Waals surface area (Å²) in [6, 6.07) is 13.2. The molecular formula is C24H21F3N2O6. The quantitative estimate of drug-likeness (QED) is 0.422. The number of carbonyl (C=O) groups is 1. The molecule has 2 heterocycles. The molecule has 0 N–H and O–H groups in total. The lowest BCUT2D eigenvalue weighted by Crippen LogP contribution is -2.20. The molecule has 0 unspecified atom stereocenters. The van der Waals surface area contributed by atoms with Crippen molar-refractivity contribution < 1.29 is 41.7 Å². The molecule has 184 valence electrons. The fourth-order valence-corrected chi connectivity index (χ4v) is 3.32. The lowest BCUT2D eigenvalue weighted by Gasteiger charge is -2.17. The monoisotopic (exact) mass is 490 g/mol. The number of aromatic nitrogens is 2. The van der Waals surface area contributed by atoms with Crippen molar-refractivity contribution in [2.45, 2.75) is 32.1 Å². The van der Waals surface area contributed by atoms with E-state index in [0.29, 0.717) is 22.8 Å². The van der Waals surface area contributed by atoms with Crippen molar-refractivity contribution in [3.8, 4) is 28.6 Å². The van der Waals surface area contributed by atoms with Gasteiger partial charge in [0.2, 0.25) is 0 Å². The standard InChI is InChI=1S/C24H21F3N2O6/c1-23(2)32-13-20(35-23)18-12-19(22(30)31-3)29-21(28-18)14-4-6-15(7-5-14)33-16-8-10-17(11-9-16)34-24(25,26)27/h4-12,20H,13H2,1-3H3/t20-/m1/s1. The Balaban J connectivity index is 1.54. The zero-order valence-corrected chi connectivity index (χ0v) is 19.0. The summed E-state index contributed by atoms with van der Waals surface area (Å²) < 4.78 is 62.7. The third-order valence-electron chi connectivity index (χ3n) is 4.88. The van der Waals surface area contributed by atoms with Gasteiger partial charge in [-0.05, 0) is 68.4 Å². The highest BCUT2D eigenvalue weighted by Gasteiger charge is 2.35. The second-order valence-electron chi connectivity index (χ2n) is 7.96. The van der Waals surface area contributed by atoms with Gasteiger partial charge in [-0.15, -0.1) is 13.2 Å².